The van der Waals surface area contributed by atoms with Crippen LogP contribution in [0.5, 0.6) is 0 Å². The first-order valence-corrected chi connectivity index (χ1v) is 11.3. The lowest BCUT2D eigenvalue weighted by atomic mass is 10.2. The number of carbonyl (C=O) groups excluding carboxylic acids is 1. The van der Waals surface area contributed by atoms with Crippen molar-refractivity contribution in [3.05, 3.63) is 78.6 Å². The van der Waals surface area contributed by atoms with E-state index in [4.69, 9.17) is 0 Å². The lowest BCUT2D eigenvalue weighted by Gasteiger charge is -2.39. The van der Waals surface area contributed by atoms with Crippen LogP contribution in [0.15, 0.2) is 67.0 Å². The van der Waals surface area contributed by atoms with Gasteiger partial charge in [0.15, 0.2) is 11.6 Å². The molecule has 1 aliphatic heterocycles. The first-order valence-electron chi connectivity index (χ1n) is 11.3. The van der Waals surface area contributed by atoms with Crippen molar-refractivity contribution in [2.24, 2.45) is 0 Å². The molecular formula is C25H23F2N7O. The van der Waals surface area contributed by atoms with Gasteiger partial charge in [0.1, 0.15) is 18.2 Å². The van der Waals surface area contributed by atoms with E-state index < -0.39 is 0 Å². The van der Waals surface area contributed by atoms with Gasteiger partial charge in [-0.25, -0.2) is 28.4 Å². The molecule has 1 unspecified atom stereocenters. The molecule has 1 amide bonds. The Labute approximate surface area is 200 Å². The van der Waals surface area contributed by atoms with Crippen molar-refractivity contribution in [2.75, 3.05) is 24.5 Å². The van der Waals surface area contributed by atoms with Crippen LogP contribution >= 0.6 is 0 Å². The summed E-state index contributed by atoms with van der Waals surface area (Å²) in [5.41, 5.74) is 1.24. The number of piperazine rings is 1. The van der Waals surface area contributed by atoms with Gasteiger partial charge in [-0.3, -0.25) is 4.79 Å². The molecule has 35 heavy (non-hydrogen) atoms. The van der Waals surface area contributed by atoms with E-state index in [2.05, 4.69) is 25.0 Å². The van der Waals surface area contributed by atoms with Gasteiger partial charge < -0.3 is 9.80 Å². The van der Waals surface area contributed by atoms with Crippen molar-refractivity contribution in [1.82, 2.24) is 29.6 Å². The zero-order chi connectivity index (χ0) is 24.4. The monoisotopic (exact) mass is 475 g/mol. The number of amides is 1. The summed E-state index contributed by atoms with van der Waals surface area (Å²) in [6.07, 6.45) is 3.40. The molecule has 0 N–H and O–H groups in total. The molecule has 178 valence electrons. The maximum Gasteiger partial charge on any atom is 0.244 e. The van der Waals surface area contributed by atoms with Crippen LogP contribution in [0.1, 0.15) is 6.92 Å². The Bertz CT molecular complexity index is 1310. The molecule has 1 saturated heterocycles. The summed E-state index contributed by atoms with van der Waals surface area (Å²) < 4.78 is 28.4. The van der Waals surface area contributed by atoms with Crippen LogP contribution in [0.25, 0.3) is 22.8 Å². The number of anilines is 1. The second-order valence-corrected chi connectivity index (χ2v) is 8.36. The average molecular weight is 476 g/mol. The first-order chi connectivity index (χ1) is 17.0. The van der Waals surface area contributed by atoms with Crippen LogP contribution in [0.4, 0.5) is 14.7 Å². The van der Waals surface area contributed by atoms with Crippen LogP contribution in [-0.2, 0) is 11.3 Å². The molecule has 2 aromatic carbocycles. The molecule has 5 rings (SSSR count). The molecular weight excluding hydrogens is 452 g/mol. The van der Waals surface area contributed by atoms with Crippen LogP contribution in [0, 0.1) is 11.6 Å². The number of halogens is 2. The maximum atomic E-state index is 13.5. The van der Waals surface area contributed by atoms with E-state index in [9.17, 15) is 13.6 Å². The second kappa shape index (κ2) is 9.57. The van der Waals surface area contributed by atoms with Crippen molar-refractivity contribution >= 4 is 11.9 Å². The van der Waals surface area contributed by atoms with Crippen LogP contribution < -0.4 is 4.90 Å². The summed E-state index contributed by atoms with van der Waals surface area (Å²) in [6.45, 7) is 3.69. The van der Waals surface area contributed by atoms with Crippen molar-refractivity contribution in [1.29, 1.82) is 0 Å². The Balaban J connectivity index is 1.39. The van der Waals surface area contributed by atoms with Gasteiger partial charge in [-0.1, -0.05) is 0 Å². The van der Waals surface area contributed by atoms with Crippen molar-refractivity contribution in [3.63, 3.8) is 0 Å². The molecule has 1 fully saturated rings. The zero-order valence-electron chi connectivity index (χ0n) is 19.1. The van der Waals surface area contributed by atoms with E-state index >= 15 is 0 Å². The smallest absolute Gasteiger partial charge is 0.244 e. The van der Waals surface area contributed by atoms with Crippen LogP contribution in [-0.4, -0.2) is 61.2 Å². The van der Waals surface area contributed by atoms with Crippen LogP contribution in [0.3, 0.4) is 0 Å². The van der Waals surface area contributed by atoms with E-state index in [1.807, 2.05) is 11.8 Å². The van der Waals surface area contributed by atoms with Gasteiger partial charge in [-0.05, 0) is 61.5 Å². The topological polar surface area (TPSA) is 80.0 Å². The molecule has 0 bridgehead atoms. The largest absolute Gasteiger partial charge is 0.337 e. The molecule has 2 aromatic heterocycles. The average Bonchev–Trinajstić information content (AvgIpc) is 3.29. The summed E-state index contributed by atoms with van der Waals surface area (Å²) in [4.78, 5) is 30.4. The van der Waals surface area contributed by atoms with Crippen molar-refractivity contribution < 1.29 is 13.6 Å². The normalized spacial score (nSPS) is 15.9. The fourth-order valence-corrected chi connectivity index (χ4v) is 4.17. The predicted molar refractivity (Wildman–Crippen MR) is 126 cm³/mol. The number of nitrogens with zero attached hydrogens (tertiary/aromatic N) is 7. The SMILES string of the molecule is CC1CN(c2ncccn2)CCN1C(=O)Cn1nc(-c2ccc(F)cc2)nc1-c1ccc(F)cc1. The van der Waals surface area contributed by atoms with Gasteiger partial charge >= 0.3 is 0 Å². The number of carbonyl (C=O) groups is 1. The fourth-order valence-electron chi connectivity index (χ4n) is 4.17. The van der Waals surface area contributed by atoms with Gasteiger partial charge in [-0.15, -0.1) is 5.10 Å². The molecule has 8 nitrogen and oxygen atoms in total. The molecule has 0 aliphatic carbocycles. The minimum absolute atomic E-state index is 0.0346. The molecule has 1 atom stereocenters. The molecule has 0 spiro atoms. The Kier molecular flexibility index (Phi) is 6.17. The number of hydrogen-bond acceptors (Lipinski definition) is 6. The second-order valence-electron chi connectivity index (χ2n) is 8.36. The molecule has 10 heteroatoms. The summed E-state index contributed by atoms with van der Waals surface area (Å²) in [5, 5.41) is 4.54. The van der Waals surface area contributed by atoms with Gasteiger partial charge in [0, 0.05) is 49.2 Å². The van der Waals surface area contributed by atoms with Crippen molar-refractivity contribution in [3.8, 4) is 22.8 Å². The summed E-state index contributed by atoms with van der Waals surface area (Å²) in [5.74, 6) is 0.591. The predicted octanol–water partition coefficient (Wildman–Crippen LogP) is 3.42. The zero-order valence-corrected chi connectivity index (χ0v) is 19.1. The van der Waals surface area contributed by atoms with E-state index in [0.29, 0.717) is 48.4 Å². The number of benzene rings is 2. The lowest BCUT2D eigenvalue weighted by molar-refractivity contribution is -0.134. The van der Waals surface area contributed by atoms with Gasteiger partial charge in [0.05, 0.1) is 0 Å². The van der Waals surface area contributed by atoms with E-state index in [-0.39, 0.29) is 30.1 Å². The number of aromatic nitrogens is 5. The molecule has 4 aromatic rings. The highest BCUT2D eigenvalue weighted by Crippen LogP contribution is 2.24. The third kappa shape index (κ3) is 4.86. The number of hydrogen-bond donors (Lipinski definition) is 0. The molecule has 1 aliphatic rings. The van der Waals surface area contributed by atoms with E-state index in [1.54, 1.807) is 42.7 Å². The Hall–Kier alpha value is -4.21. The standard InChI is InChI=1S/C25H23F2N7O/c1-17-15-32(25-28-11-2-12-29-25)13-14-33(17)22(35)16-34-24(19-5-9-21(27)10-6-19)30-23(31-34)18-3-7-20(26)8-4-18/h2-12,17H,13-16H2,1H3. The maximum absolute atomic E-state index is 13.5. The third-order valence-electron chi connectivity index (χ3n) is 5.94. The number of rotatable bonds is 5. The van der Waals surface area contributed by atoms with Crippen LogP contribution in [0.2, 0.25) is 0 Å². The highest BCUT2D eigenvalue weighted by molar-refractivity contribution is 5.77. The minimum atomic E-state index is -0.372. The van der Waals surface area contributed by atoms with Crippen molar-refractivity contribution in [2.45, 2.75) is 19.5 Å². The van der Waals surface area contributed by atoms with E-state index in [0.717, 1.165) is 0 Å². The summed E-state index contributed by atoms with van der Waals surface area (Å²) in [7, 11) is 0. The summed E-state index contributed by atoms with van der Waals surface area (Å²) in [6, 6.07) is 13.4. The highest BCUT2D eigenvalue weighted by atomic mass is 19.1. The van der Waals surface area contributed by atoms with E-state index in [1.165, 1.54) is 28.9 Å². The Morgan fingerprint density at radius 3 is 2.20 bits per heavy atom. The van der Waals surface area contributed by atoms with Gasteiger partial charge in [0.2, 0.25) is 11.9 Å². The quantitative estimate of drug-likeness (QED) is 0.440. The fraction of sp³-hybridized carbons (Fsp3) is 0.240. The highest BCUT2D eigenvalue weighted by Gasteiger charge is 2.29. The molecule has 0 saturated carbocycles. The minimum Gasteiger partial charge on any atom is -0.337 e. The van der Waals surface area contributed by atoms with Gasteiger partial charge in [-0.2, -0.15) is 0 Å². The first kappa shape index (κ1) is 22.6. The Morgan fingerprint density at radius 2 is 1.57 bits per heavy atom. The lowest BCUT2D eigenvalue weighted by Crippen LogP contribution is -2.55. The van der Waals surface area contributed by atoms with Gasteiger partial charge in [0.25, 0.3) is 0 Å². The molecule has 3 heterocycles. The third-order valence-corrected chi connectivity index (χ3v) is 5.94. The summed E-state index contributed by atoms with van der Waals surface area (Å²) >= 11 is 0. The molecule has 0 radical (unpaired) electrons. The Morgan fingerprint density at radius 1 is 0.943 bits per heavy atom.